The van der Waals surface area contributed by atoms with Gasteiger partial charge in [-0.1, -0.05) is 19.1 Å². The minimum absolute atomic E-state index is 0.0815. The van der Waals surface area contributed by atoms with Gasteiger partial charge in [0.25, 0.3) is 0 Å². The molecule has 0 bridgehead atoms. The first-order valence-corrected chi connectivity index (χ1v) is 7.96. The second-order valence-corrected chi connectivity index (χ2v) is 6.63. The number of hydrogen-bond acceptors (Lipinski definition) is 5. The largest absolute Gasteiger partial charge is 0.487 e. The molecule has 1 aromatic carbocycles. The molecule has 0 unspecified atom stereocenters. The van der Waals surface area contributed by atoms with Crippen molar-refractivity contribution in [3.63, 3.8) is 0 Å². The van der Waals surface area contributed by atoms with Gasteiger partial charge in [0.1, 0.15) is 18.1 Å². The molecule has 0 radical (unpaired) electrons. The molecule has 0 spiro atoms. The Kier molecular flexibility index (Phi) is 4.29. The number of nitrogens with two attached hydrogens (primary N) is 1. The van der Waals surface area contributed by atoms with Crippen LogP contribution in [0.4, 0.5) is 0 Å². The third-order valence-electron chi connectivity index (χ3n) is 2.96. The summed E-state index contributed by atoms with van der Waals surface area (Å²) in [5.74, 6) is 0.714. The molecule has 7 nitrogen and oxygen atoms in total. The molecular formula is C13H18N4O3S. The van der Waals surface area contributed by atoms with E-state index in [0.717, 1.165) is 5.56 Å². The summed E-state index contributed by atoms with van der Waals surface area (Å²) in [6.45, 7) is 4.18. The van der Waals surface area contributed by atoms with Crippen LogP contribution < -0.4 is 9.88 Å². The lowest BCUT2D eigenvalue weighted by Gasteiger charge is -2.14. The molecule has 0 aliphatic rings. The van der Waals surface area contributed by atoms with Gasteiger partial charge in [0, 0.05) is 7.05 Å². The van der Waals surface area contributed by atoms with Crippen LogP contribution in [0.3, 0.4) is 0 Å². The topological polar surface area (TPSA) is 100 Å². The number of aryl methyl sites for hydroxylation is 1. The van der Waals surface area contributed by atoms with E-state index in [0.29, 0.717) is 11.4 Å². The van der Waals surface area contributed by atoms with Gasteiger partial charge in [-0.25, -0.2) is 13.6 Å². The summed E-state index contributed by atoms with van der Waals surface area (Å²) in [4.78, 5) is 0.0815. The molecule has 21 heavy (non-hydrogen) atoms. The van der Waals surface area contributed by atoms with Gasteiger partial charge in [-0.05, 0) is 29.7 Å². The molecule has 0 fully saturated rings. The summed E-state index contributed by atoms with van der Waals surface area (Å²) in [5, 5.41) is 12.9. The van der Waals surface area contributed by atoms with E-state index in [1.54, 1.807) is 30.1 Å². The van der Waals surface area contributed by atoms with Gasteiger partial charge in [0.15, 0.2) is 0 Å². The number of aromatic nitrogens is 3. The van der Waals surface area contributed by atoms with Gasteiger partial charge in [-0.15, -0.1) is 5.10 Å². The third kappa shape index (κ3) is 3.79. The highest BCUT2D eigenvalue weighted by atomic mass is 32.2. The zero-order valence-electron chi connectivity index (χ0n) is 12.1. The molecule has 0 saturated carbocycles. The van der Waals surface area contributed by atoms with Crippen molar-refractivity contribution < 1.29 is 13.2 Å². The Morgan fingerprint density at radius 3 is 2.62 bits per heavy atom. The smallest absolute Gasteiger partial charge is 0.238 e. The summed E-state index contributed by atoms with van der Waals surface area (Å²) >= 11 is 0. The second kappa shape index (κ2) is 5.82. The summed E-state index contributed by atoms with van der Waals surface area (Å²) in [5.41, 5.74) is 1.48. The van der Waals surface area contributed by atoms with Crippen molar-refractivity contribution in [2.45, 2.75) is 31.3 Å². The van der Waals surface area contributed by atoms with E-state index in [1.807, 2.05) is 13.8 Å². The minimum atomic E-state index is -3.72. The Hall–Kier alpha value is -1.93. The maximum Gasteiger partial charge on any atom is 0.238 e. The summed E-state index contributed by atoms with van der Waals surface area (Å²) in [6, 6.07) is 4.60. The van der Waals surface area contributed by atoms with Crippen LogP contribution in [0.5, 0.6) is 5.75 Å². The molecule has 114 valence electrons. The van der Waals surface area contributed by atoms with E-state index < -0.39 is 10.0 Å². The first-order chi connectivity index (χ1) is 9.77. The van der Waals surface area contributed by atoms with E-state index >= 15 is 0 Å². The molecule has 0 aliphatic carbocycles. The highest BCUT2D eigenvalue weighted by molar-refractivity contribution is 7.89. The lowest BCUT2D eigenvalue weighted by molar-refractivity contribution is 0.296. The van der Waals surface area contributed by atoms with Gasteiger partial charge in [0.05, 0.1) is 11.1 Å². The predicted molar refractivity (Wildman–Crippen MR) is 77.2 cm³/mol. The van der Waals surface area contributed by atoms with Crippen LogP contribution in [0.25, 0.3) is 0 Å². The number of hydrogen-bond donors (Lipinski definition) is 1. The van der Waals surface area contributed by atoms with Crippen molar-refractivity contribution in [2.75, 3.05) is 0 Å². The van der Waals surface area contributed by atoms with Crippen LogP contribution in [0, 0.1) is 0 Å². The summed E-state index contributed by atoms with van der Waals surface area (Å²) in [7, 11) is -1.95. The van der Waals surface area contributed by atoms with E-state index in [1.165, 1.54) is 6.07 Å². The van der Waals surface area contributed by atoms with E-state index in [9.17, 15) is 8.42 Å². The number of sulfonamides is 1. The fourth-order valence-corrected chi connectivity index (χ4v) is 2.45. The molecular weight excluding hydrogens is 292 g/mol. The molecule has 0 aliphatic heterocycles. The van der Waals surface area contributed by atoms with Gasteiger partial charge in [-0.2, -0.15) is 0 Å². The molecule has 0 atom stereocenters. The van der Waals surface area contributed by atoms with Gasteiger partial charge < -0.3 is 4.74 Å². The molecule has 1 heterocycles. The van der Waals surface area contributed by atoms with Gasteiger partial charge in [0.2, 0.25) is 10.0 Å². The number of benzene rings is 1. The minimum Gasteiger partial charge on any atom is -0.487 e. The lowest BCUT2D eigenvalue weighted by Crippen LogP contribution is -2.13. The van der Waals surface area contributed by atoms with Crippen molar-refractivity contribution in [2.24, 2.45) is 12.2 Å². The highest BCUT2D eigenvalue weighted by Crippen LogP contribution is 2.29. The monoisotopic (exact) mass is 310 g/mol. The SMILES string of the molecule is CC(C)c1cc(S(N)(=O)=O)ccc1OCc1cn(C)nn1. The number of ether oxygens (including phenoxy) is 1. The second-order valence-electron chi connectivity index (χ2n) is 5.07. The number of nitrogens with zero attached hydrogens (tertiary/aromatic N) is 3. The van der Waals surface area contributed by atoms with Crippen molar-refractivity contribution in [3.8, 4) is 5.75 Å². The number of primary sulfonamides is 1. The van der Waals surface area contributed by atoms with E-state index in [4.69, 9.17) is 9.88 Å². The number of rotatable bonds is 5. The van der Waals surface area contributed by atoms with Crippen molar-refractivity contribution >= 4 is 10.0 Å². The molecule has 0 saturated heterocycles. The Morgan fingerprint density at radius 1 is 1.38 bits per heavy atom. The zero-order chi connectivity index (χ0) is 15.6. The van der Waals surface area contributed by atoms with Crippen LogP contribution in [0.1, 0.15) is 31.0 Å². The predicted octanol–water partition coefficient (Wildman–Crippen LogP) is 1.16. The van der Waals surface area contributed by atoms with Gasteiger partial charge in [-0.3, -0.25) is 4.68 Å². The van der Waals surface area contributed by atoms with Gasteiger partial charge >= 0.3 is 0 Å². The molecule has 2 rings (SSSR count). The average Bonchev–Trinajstić information content (AvgIpc) is 2.80. The fourth-order valence-electron chi connectivity index (χ4n) is 1.90. The molecule has 8 heteroatoms. The van der Waals surface area contributed by atoms with E-state index in [-0.39, 0.29) is 17.4 Å². The quantitative estimate of drug-likeness (QED) is 0.893. The van der Waals surface area contributed by atoms with Crippen LogP contribution in [0.2, 0.25) is 0 Å². The van der Waals surface area contributed by atoms with Crippen LogP contribution in [-0.2, 0) is 23.7 Å². The molecule has 2 N–H and O–H groups in total. The highest BCUT2D eigenvalue weighted by Gasteiger charge is 2.15. The first kappa shape index (κ1) is 15.5. The Bertz CT molecular complexity index is 738. The molecule has 1 aromatic heterocycles. The van der Waals surface area contributed by atoms with Crippen molar-refractivity contribution in [1.29, 1.82) is 0 Å². The normalized spacial score (nSPS) is 11.9. The molecule has 2 aromatic rings. The van der Waals surface area contributed by atoms with Crippen LogP contribution in [0.15, 0.2) is 29.3 Å². The van der Waals surface area contributed by atoms with Crippen molar-refractivity contribution in [3.05, 3.63) is 35.7 Å². The average molecular weight is 310 g/mol. The standard InChI is InChI=1S/C13H18N4O3S/c1-9(2)12-6-11(21(14,18)19)4-5-13(12)20-8-10-7-17(3)16-15-10/h4-7,9H,8H2,1-3H3,(H2,14,18,19). The Morgan fingerprint density at radius 2 is 2.10 bits per heavy atom. The Labute approximate surface area is 123 Å². The zero-order valence-corrected chi connectivity index (χ0v) is 13.0. The first-order valence-electron chi connectivity index (χ1n) is 6.42. The Balaban J connectivity index is 2.26. The van der Waals surface area contributed by atoms with Crippen LogP contribution >= 0.6 is 0 Å². The van der Waals surface area contributed by atoms with Crippen LogP contribution in [-0.4, -0.2) is 23.4 Å². The summed E-state index contributed by atoms with van der Waals surface area (Å²) in [6.07, 6.45) is 1.76. The fraction of sp³-hybridized carbons (Fsp3) is 0.385. The van der Waals surface area contributed by atoms with E-state index in [2.05, 4.69) is 10.3 Å². The maximum atomic E-state index is 11.4. The molecule has 0 amide bonds. The third-order valence-corrected chi connectivity index (χ3v) is 3.87. The van der Waals surface area contributed by atoms with Crippen molar-refractivity contribution in [1.82, 2.24) is 15.0 Å². The summed E-state index contributed by atoms with van der Waals surface area (Å²) < 4.78 is 30.1. The maximum absolute atomic E-state index is 11.4. The lowest BCUT2D eigenvalue weighted by atomic mass is 10.0.